The Morgan fingerprint density at radius 2 is 1.15 bits per heavy atom. The fourth-order valence-corrected chi connectivity index (χ4v) is 5.80. The molecule has 1 aliphatic rings. The summed E-state index contributed by atoms with van der Waals surface area (Å²) in [6.07, 6.45) is 4.48. The van der Waals surface area contributed by atoms with E-state index in [-0.39, 0.29) is 0 Å². The molecule has 0 saturated carbocycles. The van der Waals surface area contributed by atoms with Crippen LogP contribution in [0.2, 0.25) is 0 Å². The third-order valence-electron chi connectivity index (χ3n) is 6.65. The number of nitrogens with zero attached hydrogens (tertiary/aromatic N) is 3. The second kappa shape index (κ2) is 8.68. The maximum absolute atomic E-state index is 4.02. The van der Waals surface area contributed by atoms with E-state index in [2.05, 4.69) is 150 Å². The van der Waals surface area contributed by atoms with Crippen LogP contribution in [-0.2, 0) is 20.6 Å². The minimum absolute atomic E-state index is 0.301. The van der Waals surface area contributed by atoms with Gasteiger partial charge in [0, 0.05) is 0 Å². The quantitative estimate of drug-likeness (QED) is 0.239. The molecule has 167 valence electrons. The van der Waals surface area contributed by atoms with Gasteiger partial charge in [0.05, 0.1) is 0 Å². The van der Waals surface area contributed by atoms with Crippen molar-refractivity contribution in [1.82, 2.24) is 9.08 Å². The predicted molar refractivity (Wildman–Crippen MR) is 130 cm³/mol. The molecule has 1 saturated heterocycles. The van der Waals surface area contributed by atoms with Gasteiger partial charge in [-0.25, -0.2) is 0 Å². The Bertz CT molecular complexity index is 1390. The molecule has 2 aromatic heterocycles. The van der Waals surface area contributed by atoms with Gasteiger partial charge in [-0.3, -0.25) is 0 Å². The number of rotatable bonds is 4. The van der Waals surface area contributed by atoms with E-state index >= 15 is 0 Å². The van der Waals surface area contributed by atoms with Crippen molar-refractivity contribution in [2.75, 3.05) is 5.01 Å². The van der Waals surface area contributed by atoms with E-state index in [1.165, 1.54) is 22.4 Å². The topological polar surface area (TPSA) is 12.6 Å². The first-order valence-electron chi connectivity index (χ1n) is 11.4. The maximum atomic E-state index is 4.02. The SMILES string of the molecule is [Ag]=[c]1n(N2[C@H](c3ccccc3)CC[C@H]2c2ccccc2)cc2cccc(-c3ccccc3)n12. The minimum atomic E-state index is 0.301. The van der Waals surface area contributed by atoms with E-state index < -0.39 is 0 Å². The molecular weight excluding hydrogens is 498 g/mol. The molecule has 1 aliphatic heterocycles. The van der Waals surface area contributed by atoms with E-state index in [9.17, 15) is 0 Å². The first-order valence-corrected chi connectivity index (χ1v) is 12.2. The molecule has 5 aromatic rings. The number of imidazole rings is 1. The van der Waals surface area contributed by atoms with E-state index in [0.717, 1.165) is 22.0 Å². The van der Waals surface area contributed by atoms with Gasteiger partial charge in [0.25, 0.3) is 0 Å². The number of fused-ring (bicyclic) bond motifs is 1. The van der Waals surface area contributed by atoms with Gasteiger partial charge in [0.15, 0.2) is 0 Å². The zero-order valence-electron chi connectivity index (χ0n) is 18.2. The van der Waals surface area contributed by atoms with Crippen molar-refractivity contribution < 1.29 is 20.6 Å². The van der Waals surface area contributed by atoms with Gasteiger partial charge in [-0.1, -0.05) is 0 Å². The summed E-state index contributed by atoms with van der Waals surface area (Å²) in [6, 6.07) is 39.5. The van der Waals surface area contributed by atoms with Crippen LogP contribution in [-0.4, -0.2) is 9.08 Å². The second-order valence-corrected chi connectivity index (χ2v) is 9.22. The average molecular weight is 523 g/mol. The zero-order valence-corrected chi connectivity index (χ0v) is 19.7. The molecular formula is C29H25AgN3. The van der Waals surface area contributed by atoms with Gasteiger partial charge in [0.1, 0.15) is 0 Å². The number of hydrogen-bond acceptors (Lipinski definition) is 1. The average Bonchev–Trinajstić information content (AvgIpc) is 3.47. The Hall–Kier alpha value is -3.11. The molecule has 0 spiro atoms. The molecule has 2 atom stereocenters. The molecule has 4 heteroatoms. The number of hydrogen-bond donors (Lipinski definition) is 0. The van der Waals surface area contributed by atoms with Crippen LogP contribution >= 0.6 is 0 Å². The number of benzene rings is 3. The zero-order chi connectivity index (χ0) is 22.2. The first kappa shape index (κ1) is 20.5. The van der Waals surface area contributed by atoms with E-state index in [1.54, 1.807) is 0 Å². The van der Waals surface area contributed by atoms with Crippen molar-refractivity contribution in [3.63, 3.8) is 0 Å². The number of aromatic nitrogens is 2. The van der Waals surface area contributed by atoms with Crippen LogP contribution in [0, 0.1) is 3.63 Å². The molecule has 3 heterocycles. The van der Waals surface area contributed by atoms with E-state index in [4.69, 9.17) is 0 Å². The van der Waals surface area contributed by atoms with Crippen LogP contribution < -0.4 is 5.01 Å². The molecule has 0 radical (unpaired) electrons. The summed E-state index contributed by atoms with van der Waals surface area (Å²) in [7, 11) is 0. The summed E-state index contributed by atoms with van der Waals surface area (Å²) >= 11 is 4.02. The van der Waals surface area contributed by atoms with Crippen LogP contribution in [0.15, 0.2) is 115 Å². The Balaban J connectivity index is 1.55. The van der Waals surface area contributed by atoms with Gasteiger partial charge in [0.2, 0.25) is 0 Å². The van der Waals surface area contributed by atoms with Crippen LogP contribution in [0.25, 0.3) is 16.8 Å². The molecule has 0 unspecified atom stereocenters. The van der Waals surface area contributed by atoms with E-state index in [0.29, 0.717) is 12.1 Å². The molecule has 1 fully saturated rings. The van der Waals surface area contributed by atoms with Crippen molar-refractivity contribution in [3.8, 4) is 11.3 Å². The van der Waals surface area contributed by atoms with Crippen molar-refractivity contribution in [3.05, 3.63) is 130 Å². The normalized spacial score (nSPS) is 18.2. The predicted octanol–water partition coefficient (Wildman–Crippen LogP) is 6.70. The summed E-state index contributed by atoms with van der Waals surface area (Å²) < 4.78 is 5.65. The Labute approximate surface area is 205 Å². The van der Waals surface area contributed by atoms with Crippen molar-refractivity contribution in [2.24, 2.45) is 0 Å². The summed E-state index contributed by atoms with van der Waals surface area (Å²) in [6.45, 7) is 0. The van der Waals surface area contributed by atoms with Gasteiger partial charge >= 0.3 is 207 Å². The monoisotopic (exact) mass is 522 g/mol. The Morgan fingerprint density at radius 3 is 1.73 bits per heavy atom. The molecule has 33 heavy (non-hydrogen) atoms. The molecule has 0 bridgehead atoms. The van der Waals surface area contributed by atoms with Gasteiger partial charge in [-0.05, 0) is 0 Å². The van der Waals surface area contributed by atoms with Crippen LogP contribution in [0.3, 0.4) is 0 Å². The van der Waals surface area contributed by atoms with Gasteiger partial charge in [-0.15, -0.1) is 0 Å². The summed E-state index contributed by atoms with van der Waals surface area (Å²) in [4.78, 5) is 0. The van der Waals surface area contributed by atoms with Crippen molar-refractivity contribution in [1.29, 1.82) is 0 Å². The molecule has 3 aromatic carbocycles. The second-order valence-electron chi connectivity index (χ2n) is 8.56. The molecule has 3 nitrogen and oxygen atoms in total. The van der Waals surface area contributed by atoms with Crippen molar-refractivity contribution in [2.45, 2.75) is 24.9 Å². The standard InChI is InChI=1S/C29H25N3.Ag/c1-4-11-23(12-5-1)27-18-10-17-26-21-30(22-31(26)27)32-28(24-13-6-2-7-14-24)19-20-29(32)25-15-8-3-9-16-25;/h1-18,21,28-29H,19-20H2;/t28-,29-;/m0./s1. The van der Waals surface area contributed by atoms with Gasteiger partial charge in [-0.2, -0.15) is 0 Å². The Morgan fingerprint density at radius 1 is 0.606 bits per heavy atom. The van der Waals surface area contributed by atoms with Crippen LogP contribution in [0.1, 0.15) is 36.1 Å². The van der Waals surface area contributed by atoms with Crippen LogP contribution in [0.5, 0.6) is 0 Å². The fourth-order valence-electron chi connectivity index (χ4n) is 5.16. The van der Waals surface area contributed by atoms with Crippen LogP contribution in [0.4, 0.5) is 0 Å². The molecule has 0 amide bonds. The molecule has 0 aliphatic carbocycles. The number of pyridine rings is 1. The Kier molecular flexibility index (Phi) is 5.39. The first-order chi connectivity index (χ1) is 16.3. The fraction of sp³-hybridized carbons (Fsp3) is 0.138. The van der Waals surface area contributed by atoms with Crippen molar-refractivity contribution >= 4 is 5.52 Å². The van der Waals surface area contributed by atoms with E-state index in [1.807, 2.05) is 0 Å². The molecule has 6 rings (SSSR count). The van der Waals surface area contributed by atoms with Gasteiger partial charge < -0.3 is 0 Å². The molecule has 0 N–H and O–H groups in total. The summed E-state index contributed by atoms with van der Waals surface area (Å²) in [5.74, 6) is 0. The third-order valence-corrected chi connectivity index (χ3v) is 7.32. The third kappa shape index (κ3) is 3.63. The summed E-state index contributed by atoms with van der Waals surface area (Å²) in [5.41, 5.74) is 6.24. The summed E-state index contributed by atoms with van der Waals surface area (Å²) in [5, 5.41) is 2.55.